The molecule has 0 amide bonds. The van der Waals surface area contributed by atoms with E-state index in [1.807, 2.05) is 0 Å². The first-order valence-corrected chi connectivity index (χ1v) is 7.39. The summed E-state index contributed by atoms with van der Waals surface area (Å²) < 4.78 is 0. The maximum absolute atomic E-state index is 10.4. The molecule has 0 aromatic carbocycles. The Labute approximate surface area is 102 Å². The third-order valence-corrected chi connectivity index (χ3v) is 4.06. The van der Waals surface area contributed by atoms with E-state index in [4.69, 9.17) is 0 Å². The smallest absolute Gasteiger partial charge is 0.0650 e. The second kappa shape index (κ2) is 7.32. The Morgan fingerprint density at radius 2 is 1.81 bits per heavy atom. The summed E-state index contributed by atoms with van der Waals surface area (Å²) in [5.41, 5.74) is -0.303. The van der Waals surface area contributed by atoms with Gasteiger partial charge in [-0.05, 0) is 25.2 Å². The summed E-state index contributed by atoms with van der Waals surface area (Å²) in [6.45, 7) is 4.54. The van der Waals surface area contributed by atoms with Crippen LogP contribution in [0.2, 0.25) is 0 Å². The average molecular weight is 226 g/mol. The molecule has 0 spiro atoms. The predicted molar refractivity (Wildman–Crippen MR) is 70.6 cm³/mol. The number of aliphatic hydroxyl groups is 1. The van der Waals surface area contributed by atoms with Crippen LogP contribution in [-0.2, 0) is 0 Å². The normalized spacial score (nSPS) is 30.6. The molecular weight excluding hydrogens is 196 g/mol. The lowest BCUT2D eigenvalue weighted by Gasteiger charge is -2.35. The molecule has 1 fully saturated rings. The molecule has 0 aromatic rings. The van der Waals surface area contributed by atoms with Gasteiger partial charge in [-0.25, -0.2) is 0 Å². The number of hydrogen-bond donors (Lipinski definition) is 1. The first kappa shape index (κ1) is 14.0. The Morgan fingerprint density at radius 3 is 2.50 bits per heavy atom. The molecule has 1 aliphatic carbocycles. The fourth-order valence-corrected chi connectivity index (χ4v) is 3.09. The molecule has 0 bridgehead atoms. The van der Waals surface area contributed by atoms with Gasteiger partial charge in [-0.3, -0.25) is 0 Å². The second-order valence-corrected chi connectivity index (χ2v) is 5.94. The minimum absolute atomic E-state index is 0.303. The first-order valence-electron chi connectivity index (χ1n) is 7.39. The second-order valence-electron chi connectivity index (χ2n) is 5.94. The molecule has 0 aliphatic heterocycles. The Balaban J connectivity index is 2.06. The van der Waals surface area contributed by atoms with E-state index in [1.165, 1.54) is 51.4 Å². The van der Waals surface area contributed by atoms with E-state index in [0.29, 0.717) is 0 Å². The minimum atomic E-state index is -0.303. The van der Waals surface area contributed by atoms with Crippen molar-refractivity contribution in [3.8, 4) is 0 Å². The van der Waals surface area contributed by atoms with E-state index in [9.17, 15) is 5.11 Å². The summed E-state index contributed by atoms with van der Waals surface area (Å²) in [5.74, 6) is 0.735. The van der Waals surface area contributed by atoms with E-state index in [2.05, 4.69) is 13.8 Å². The van der Waals surface area contributed by atoms with Gasteiger partial charge in [-0.1, -0.05) is 65.2 Å². The lowest BCUT2D eigenvalue weighted by molar-refractivity contribution is -0.0219. The average Bonchev–Trinajstić information content (AvgIpc) is 2.23. The summed E-state index contributed by atoms with van der Waals surface area (Å²) >= 11 is 0. The zero-order chi connectivity index (χ0) is 11.9. The highest BCUT2D eigenvalue weighted by Crippen LogP contribution is 2.35. The molecule has 0 radical (unpaired) electrons. The van der Waals surface area contributed by atoms with E-state index in [-0.39, 0.29) is 5.60 Å². The highest BCUT2D eigenvalue weighted by atomic mass is 16.3. The monoisotopic (exact) mass is 226 g/mol. The molecule has 0 heterocycles. The van der Waals surface area contributed by atoms with Crippen LogP contribution in [0.1, 0.15) is 84.5 Å². The van der Waals surface area contributed by atoms with Crippen LogP contribution in [0.4, 0.5) is 0 Å². The van der Waals surface area contributed by atoms with Crippen LogP contribution in [0.5, 0.6) is 0 Å². The van der Waals surface area contributed by atoms with E-state index in [1.54, 1.807) is 0 Å². The van der Waals surface area contributed by atoms with E-state index in [0.717, 1.165) is 25.2 Å². The van der Waals surface area contributed by atoms with E-state index >= 15 is 0 Å². The molecule has 2 atom stereocenters. The van der Waals surface area contributed by atoms with Gasteiger partial charge in [-0.2, -0.15) is 0 Å². The van der Waals surface area contributed by atoms with Crippen LogP contribution in [-0.4, -0.2) is 10.7 Å². The number of unbranched alkanes of at least 4 members (excludes halogenated alkanes) is 5. The quantitative estimate of drug-likeness (QED) is 0.625. The van der Waals surface area contributed by atoms with Crippen molar-refractivity contribution >= 4 is 0 Å². The number of rotatable bonds is 7. The van der Waals surface area contributed by atoms with Gasteiger partial charge in [0.25, 0.3) is 0 Å². The van der Waals surface area contributed by atoms with Gasteiger partial charge in [0, 0.05) is 0 Å². The predicted octanol–water partition coefficient (Wildman–Crippen LogP) is 4.68. The van der Waals surface area contributed by atoms with Gasteiger partial charge >= 0.3 is 0 Å². The lowest BCUT2D eigenvalue weighted by Crippen LogP contribution is -2.34. The third-order valence-electron chi connectivity index (χ3n) is 4.06. The van der Waals surface area contributed by atoms with Crippen molar-refractivity contribution in [2.24, 2.45) is 5.92 Å². The van der Waals surface area contributed by atoms with Gasteiger partial charge in [-0.15, -0.1) is 0 Å². The van der Waals surface area contributed by atoms with Crippen LogP contribution >= 0.6 is 0 Å². The largest absolute Gasteiger partial charge is 0.390 e. The minimum Gasteiger partial charge on any atom is -0.390 e. The van der Waals surface area contributed by atoms with Crippen LogP contribution in [0.3, 0.4) is 0 Å². The van der Waals surface area contributed by atoms with Crippen LogP contribution in [0.25, 0.3) is 0 Å². The van der Waals surface area contributed by atoms with Gasteiger partial charge in [0.2, 0.25) is 0 Å². The number of hydrogen-bond acceptors (Lipinski definition) is 1. The topological polar surface area (TPSA) is 20.2 Å². The van der Waals surface area contributed by atoms with Gasteiger partial charge < -0.3 is 5.11 Å². The third kappa shape index (κ3) is 5.34. The SMILES string of the molecule is CCCCCCCCC1(O)CCCC(C)C1. The molecular formula is C15H30O. The molecule has 96 valence electrons. The summed E-state index contributed by atoms with van der Waals surface area (Å²) in [6.07, 6.45) is 13.7. The van der Waals surface area contributed by atoms with Crippen molar-refractivity contribution in [3.05, 3.63) is 0 Å². The Hall–Kier alpha value is -0.0400. The zero-order valence-corrected chi connectivity index (χ0v) is 11.3. The standard InChI is InChI=1S/C15H30O/c1-3-4-5-6-7-8-11-15(16)12-9-10-14(2)13-15/h14,16H,3-13H2,1-2H3. The first-order chi connectivity index (χ1) is 7.66. The molecule has 1 N–H and O–H groups in total. The molecule has 2 unspecified atom stereocenters. The Morgan fingerprint density at radius 1 is 1.12 bits per heavy atom. The zero-order valence-electron chi connectivity index (χ0n) is 11.3. The summed E-state index contributed by atoms with van der Waals surface area (Å²) in [4.78, 5) is 0. The highest BCUT2D eigenvalue weighted by molar-refractivity contribution is 4.84. The Bertz CT molecular complexity index is 178. The van der Waals surface area contributed by atoms with Gasteiger partial charge in [0.05, 0.1) is 5.60 Å². The summed E-state index contributed by atoms with van der Waals surface area (Å²) in [5, 5.41) is 10.4. The fourth-order valence-electron chi connectivity index (χ4n) is 3.09. The van der Waals surface area contributed by atoms with Crippen LogP contribution in [0, 0.1) is 5.92 Å². The molecule has 1 nitrogen and oxygen atoms in total. The van der Waals surface area contributed by atoms with Crippen molar-refractivity contribution in [1.29, 1.82) is 0 Å². The van der Waals surface area contributed by atoms with E-state index < -0.39 is 0 Å². The molecule has 0 saturated heterocycles. The van der Waals surface area contributed by atoms with Crippen molar-refractivity contribution < 1.29 is 5.11 Å². The maximum atomic E-state index is 10.4. The lowest BCUT2D eigenvalue weighted by atomic mass is 9.76. The van der Waals surface area contributed by atoms with Crippen LogP contribution < -0.4 is 0 Å². The molecule has 16 heavy (non-hydrogen) atoms. The van der Waals surface area contributed by atoms with Gasteiger partial charge in [0.15, 0.2) is 0 Å². The summed E-state index contributed by atoms with van der Waals surface area (Å²) in [6, 6.07) is 0. The molecule has 1 rings (SSSR count). The highest BCUT2D eigenvalue weighted by Gasteiger charge is 2.31. The molecule has 1 heteroatoms. The Kier molecular flexibility index (Phi) is 6.41. The molecule has 1 aliphatic rings. The van der Waals surface area contributed by atoms with Crippen molar-refractivity contribution in [1.82, 2.24) is 0 Å². The maximum Gasteiger partial charge on any atom is 0.0650 e. The van der Waals surface area contributed by atoms with Crippen molar-refractivity contribution in [2.45, 2.75) is 90.1 Å². The molecule has 1 saturated carbocycles. The van der Waals surface area contributed by atoms with Crippen LogP contribution in [0.15, 0.2) is 0 Å². The fraction of sp³-hybridized carbons (Fsp3) is 1.00. The molecule has 0 aromatic heterocycles. The van der Waals surface area contributed by atoms with Crippen molar-refractivity contribution in [3.63, 3.8) is 0 Å². The summed E-state index contributed by atoms with van der Waals surface area (Å²) in [7, 11) is 0. The van der Waals surface area contributed by atoms with Gasteiger partial charge in [0.1, 0.15) is 0 Å². The van der Waals surface area contributed by atoms with Crippen molar-refractivity contribution in [2.75, 3.05) is 0 Å².